The van der Waals surface area contributed by atoms with E-state index in [9.17, 15) is 18.0 Å². The van der Waals surface area contributed by atoms with Crippen LogP contribution in [0.15, 0.2) is 29.2 Å². The van der Waals surface area contributed by atoms with Crippen LogP contribution in [-0.4, -0.2) is 61.2 Å². The van der Waals surface area contributed by atoms with Gasteiger partial charge in [-0.15, -0.1) is 4.41 Å². The Hall–Kier alpha value is -1.78. The molecular formula is C18H27N3O5S2. The highest BCUT2D eigenvalue weighted by Crippen LogP contribution is 2.23. The van der Waals surface area contributed by atoms with E-state index >= 15 is 0 Å². The summed E-state index contributed by atoms with van der Waals surface area (Å²) in [6.07, 6.45) is 1.34. The molecule has 8 nitrogen and oxygen atoms in total. The molecule has 1 N–H and O–H groups in total. The Morgan fingerprint density at radius 1 is 1.32 bits per heavy atom. The minimum atomic E-state index is -3.90. The summed E-state index contributed by atoms with van der Waals surface area (Å²) in [4.78, 5) is 26.3. The molecule has 0 saturated carbocycles. The van der Waals surface area contributed by atoms with Crippen LogP contribution in [0.1, 0.15) is 31.7 Å². The average Bonchev–Trinajstić information content (AvgIpc) is 3.04. The third kappa shape index (κ3) is 5.39. The first-order valence-corrected chi connectivity index (χ1v) is 11.1. The fourth-order valence-electron chi connectivity index (χ4n) is 2.81. The first-order chi connectivity index (χ1) is 13.2. The fourth-order valence-corrected chi connectivity index (χ4v) is 4.19. The number of rotatable bonds is 7. The van der Waals surface area contributed by atoms with E-state index in [1.54, 1.807) is 12.1 Å². The van der Waals surface area contributed by atoms with Crippen LogP contribution in [0.3, 0.4) is 0 Å². The number of carbonyl (C=O) groups excluding carboxylic acids is 2. The molecule has 0 unspecified atom stereocenters. The number of nitrogens with one attached hydrogen (secondary N) is 1. The number of hydrogen-bond acceptors (Lipinski definition) is 6. The van der Waals surface area contributed by atoms with Crippen LogP contribution in [0, 0.1) is 6.92 Å². The summed E-state index contributed by atoms with van der Waals surface area (Å²) in [5.74, 6) is -0.595. The lowest BCUT2D eigenvalue weighted by Gasteiger charge is -2.25. The van der Waals surface area contributed by atoms with E-state index in [1.165, 1.54) is 24.1 Å². The number of carbonyl (C=O) groups is 2. The molecule has 1 aromatic carbocycles. The molecule has 0 bridgehead atoms. The zero-order chi connectivity index (χ0) is 20.9. The van der Waals surface area contributed by atoms with E-state index in [2.05, 4.69) is 18.1 Å². The minimum absolute atomic E-state index is 0.0650. The van der Waals surface area contributed by atoms with Gasteiger partial charge in [0.2, 0.25) is 0 Å². The van der Waals surface area contributed by atoms with Gasteiger partial charge in [0.15, 0.2) is 0 Å². The molecule has 0 spiro atoms. The summed E-state index contributed by atoms with van der Waals surface area (Å²) in [7, 11) is -2.65. The smallest absolute Gasteiger partial charge is 0.410 e. The molecular weight excluding hydrogens is 402 g/mol. The van der Waals surface area contributed by atoms with Gasteiger partial charge in [0.05, 0.1) is 11.5 Å². The second-order valence-electron chi connectivity index (χ2n) is 6.79. The van der Waals surface area contributed by atoms with Crippen LogP contribution in [-0.2, 0) is 19.6 Å². The Morgan fingerprint density at radius 3 is 2.57 bits per heavy atom. The van der Waals surface area contributed by atoms with Crippen LogP contribution in [0.5, 0.6) is 0 Å². The number of sulfonamides is 1. The number of likely N-dealkylation sites (tertiary alicyclic amines) is 1. The predicted octanol–water partition coefficient (Wildman–Crippen LogP) is 1.96. The number of unbranched alkanes of at least 4 members (excludes halogenated alkanes) is 1. The van der Waals surface area contributed by atoms with Crippen LogP contribution < -0.4 is 5.43 Å². The maximum atomic E-state index is 12.7. The van der Waals surface area contributed by atoms with Gasteiger partial charge in [0, 0.05) is 18.8 Å². The first-order valence-electron chi connectivity index (χ1n) is 9.14. The molecule has 2 atom stereocenters. The quantitative estimate of drug-likeness (QED) is 0.392. The SMILES string of the molecule is CCCCOC(=O)N1C[C@H](S)C[C@H]1C(=O)NN(C)S(=O)(=O)c1ccc(C)cc1. The van der Waals surface area contributed by atoms with Crippen molar-refractivity contribution in [2.45, 2.75) is 49.3 Å². The third-order valence-electron chi connectivity index (χ3n) is 4.49. The van der Waals surface area contributed by atoms with Gasteiger partial charge < -0.3 is 4.74 Å². The second-order valence-corrected chi connectivity index (χ2v) is 9.49. The molecule has 28 heavy (non-hydrogen) atoms. The van der Waals surface area contributed by atoms with E-state index in [4.69, 9.17) is 4.74 Å². The van der Waals surface area contributed by atoms with Crippen molar-refractivity contribution in [1.82, 2.24) is 14.7 Å². The van der Waals surface area contributed by atoms with Crippen molar-refractivity contribution < 1.29 is 22.7 Å². The van der Waals surface area contributed by atoms with Crippen molar-refractivity contribution in [2.75, 3.05) is 20.2 Å². The van der Waals surface area contributed by atoms with Crippen molar-refractivity contribution in [3.8, 4) is 0 Å². The van der Waals surface area contributed by atoms with Crippen molar-refractivity contribution in [1.29, 1.82) is 0 Å². The molecule has 0 aromatic heterocycles. The first kappa shape index (κ1) is 22.5. The zero-order valence-electron chi connectivity index (χ0n) is 16.3. The Bertz CT molecular complexity index is 798. The number of amides is 2. The molecule has 10 heteroatoms. The zero-order valence-corrected chi connectivity index (χ0v) is 18.0. The highest BCUT2D eigenvalue weighted by atomic mass is 32.2. The minimum Gasteiger partial charge on any atom is -0.449 e. The Balaban J connectivity index is 2.06. The highest BCUT2D eigenvalue weighted by molar-refractivity contribution is 7.89. The molecule has 1 saturated heterocycles. The van der Waals surface area contributed by atoms with Gasteiger partial charge in [-0.1, -0.05) is 31.0 Å². The molecule has 0 radical (unpaired) electrons. The van der Waals surface area contributed by atoms with Crippen molar-refractivity contribution >= 4 is 34.7 Å². The van der Waals surface area contributed by atoms with Gasteiger partial charge in [-0.25, -0.2) is 13.2 Å². The fraction of sp³-hybridized carbons (Fsp3) is 0.556. The van der Waals surface area contributed by atoms with Gasteiger partial charge in [0.25, 0.3) is 15.9 Å². The number of ether oxygens (including phenoxy) is 1. The topological polar surface area (TPSA) is 96.0 Å². The Labute approximate surface area is 171 Å². The second kappa shape index (κ2) is 9.62. The molecule has 1 aromatic rings. The summed E-state index contributed by atoms with van der Waals surface area (Å²) in [6, 6.07) is 5.47. The number of hydrazine groups is 1. The standard InChI is InChI=1S/C18H27N3O5S2/c1-4-5-10-26-18(23)21-12-14(27)11-16(21)17(22)19-20(3)28(24,25)15-8-6-13(2)7-9-15/h6-9,14,16,27H,4-5,10-12H2,1-3H3,(H,19,22)/t14-,16+/m1/s1. The third-order valence-corrected chi connectivity index (χ3v) is 6.54. The summed E-state index contributed by atoms with van der Waals surface area (Å²) in [5, 5.41) is -0.187. The van der Waals surface area contributed by atoms with Gasteiger partial charge >= 0.3 is 6.09 Å². The van der Waals surface area contributed by atoms with Crippen molar-refractivity contribution in [2.24, 2.45) is 0 Å². The largest absolute Gasteiger partial charge is 0.449 e. The lowest BCUT2D eigenvalue weighted by Crippen LogP contribution is -2.52. The monoisotopic (exact) mass is 429 g/mol. The van der Waals surface area contributed by atoms with Gasteiger partial charge in [-0.05, 0) is 31.9 Å². The van der Waals surface area contributed by atoms with E-state index in [-0.39, 0.29) is 23.3 Å². The van der Waals surface area contributed by atoms with E-state index < -0.39 is 28.1 Å². The molecule has 1 aliphatic heterocycles. The van der Waals surface area contributed by atoms with E-state index in [0.717, 1.165) is 22.8 Å². The van der Waals surface area contributed by atoms with E-state index in [0.29, 0.717) is 6.42 Å². The summed E-state index contributed by atoms with van der Waals surface area (Å²) < 4.78 is 31.2. The number of aryl methyl sites for hydroxylation is 1. The van der Waals surface area contributed by atoms with Crippen molar-refractivity contribution in [3.63, 3.8) is 0 Å². The number of hydrogen-bond donors (Lipinski definition) is 2. The van der Waals surface area contributed by atoms with E-state index in [1.807, 2.05) is 13.8 Å². The highest BCUT2D eigenvalue weighted by Gasteiger charge is 2.40. The molecule has 1 aliphatic rings. The predicted molar refractivity (Wildman–Crippen MR) is 108 cm³/mol. The van der Waals surface area contributed by atoms with Crippen LogP contribution in [0.2, 0.25) is 0 Å². The molecule has 0 aliphatic carbocycles. The van der Waals surface area contributed by atoms with Gasteiger partial charge in [0.1, 0.15) is 6.04 Å². The number of nitrogens with zero attached hydrogens (tertiary/aromatic N) is 2. The Kier molecular flexibility index (Phi) is 7.73. The molecule has 156 valence electrons. The molecule has 2 rings (SSSR count). The Morgan fingerprint density at radius 2 is 1.96 bits per heavy atom. The summed E-state index contributed by atoms with van der Waals surface area (Å²) >= 11 is 4.36. The van der Waals surface area contributed by atoms with Crippen LogP contribution >= 0.6 is 12.6 Å². The maximum Gasteiger partial charge on any atom is 0.410 e. The van der Waals surface area contributed by atoms with Gasteiger partial charge in [-0.3, -0.25) is 15.1 Å². The normalized spacial score (nSPS) is 19.7. The summed E-state index contributed by atoms with van der Waals surface area (Å²) in [6.45, 7) is 4.37. The number of benzene rings is 1. The van der Waals surface area contributed by atoms with Crippen molar-refractivity contribution in [3.05, 3.63) is 29.8 Å². The molecule has 1 heterocycles. The van der Waals surface area contributed by atoms with Crippen LogP contribution in [0.4, 0.5) is 4.79 Å². The van der Waals surface area contributed by atoms with Crippen LogP contribution in [0.25, 0.3) is 0 Å². The maximum absolute atomic E-state index is 12.7. The average molecular weight is 430 g/mol. The lowest BCUT2D eigenvalue weighted by molar-refractivity contribution is -0.127. The molecule has 2 amide bonds. The molecule has 1 fully saturated rings. The lowest BCUT2D eigenvalue weighted by atomic mass is 10.2. The van der Waals surface area contributed by atoms with Gasteiger partial charge in [-0.2, -0.15) is 12.6 Å². The summed E-state index contributed by atoms with van der Waals surface area (Å²) in [5.41, 5.74) is 3.30. The number of thiol groups is 1.